The van der Waals surface area contributed by atoms with E-state index < -0.39 is 0 Å². The van der Waals surface area contributed by atoms with Gasteiger partial charge in [-0.1, -0.05) is 18.2 Å². The zero-order valence-electron chi connectivity index (χ0n) is 13.1. The largest absolute Gasteiger partial charge is 0.366 e. The first-order valence-electron chi connectivity index (χ1n) is 7.40. The summed E-state index contributed by atoms with van der Waals surface area (Å²) in [6.45, 7) is 13.5. The van der Waals surface area contributed by atoms with Crippen LogP contribution in [0.2, 0.25) is 0 Å². The number of anilines is 1. The van der Waals surface area contributed by atoms with Crippen molar-refractivity contribution in [3.05, 3.63) is 29.8 Å². The molecular weight excluding hydrogens is 232 g/mol. The number of para-hydroxylation sites is 1. The van der Waals surface area contributed by atoms with Gasteiger partial charge in [0, 0.05) is 29.9 Å². The summed E-state index contributed by atoms with van der Waals surface area (Å²) < 4.78 is 0. The third-order valence-electron chi connectivity index (χ3n) is 3.99. The first kappa shape index (κ1) is 14.4. The highest BCUT2D eigenvalue weighted by Crippen LogP contribution is 2.35. The monoisotopic (exact) mass is 260 g/mol. The van der Waals surface area contributed by atoms with Crippen molar-refractivity contribution in [2.45, 2.75) is 65.1 Å². The van der Waals surface area contributed by atoms with E-state index >= 15 is 0 Å². The average molecular weight is 260 g/mol. The summed E-state index contributed by atoms with van der Waals surface area (Å²) in [5.41, 5.74) is 3.26. The van der Waals surface area contributed by atoms with Gasteiger partial charge in [-0.05, 0) is 59.1 Å². The summed E-state index contributed by atoms with van der Waals surface area (Å²) in [5, 5.41) is 3.60. The highest BCUT2D eigenvalue weighted by molar-refractivity contribution is 5.56. The summed E-state index contributed by atoms with van der Waals surface area (Å²) in [7, 11) is 0. The number of hydrogen-bond acceptors (Lipinski definition) is 2. The molecule has 1 aliphatic rings. The van der Waals surface area contributed by atoms with Crippen molar-refractivity contribution in [3.8, 4) is 0 Å². The maximum Gasteiger partial charge on any atom is 0.0416 e. The van der Waals surface area contributed by atoms with E-state index in [-0.39, 0.29) is 11.1 Å². The molecule has 0 atom stereocenters. The first-order valence-corrected chi connectivity index (χ1v) is 7.40. The van der Waals surface area contributed by atoms with Crippen molar-refractivity contribution in [3.63, 3.8) is 0 Å². The van der Waals surface area contributed by atoms with Crippen molar-refractivity contribution in [1.29, 1.82) is 0 Å². The second-order valence-corrected chi connectivity index (χ2v) is 7.30. The van der Waals surface area contributed by atoms with E-state index in [0.29, 0.717) is 0 Å². The lowest BCUT2D eigenvalue weighted by Gasteiger charge is -2.35. The Kier molecular flexibility index (Phi) is 3.91. The van der Waals surface area contributed by atoms with Crippen LogP contribution in [-0.4, -0.2) is 17.6 Å². The molecule has 1 aromatic rings. The lowest BCUT2D eigenvalue weighted by molar-refractivity contribution is 0.423. The van der Waals surface area contributed by atoms with Crippen molar-refractivity contribution < 1.29 is 0 Å². The lowest BCUT2D eigenvalue weighted by atomic mass is 10.00. The molecule has 19 heavy (non-hydrogen) atoms. The standard InChI is InChI=1S/C17H28N2/c1-16(2,3)18-13-14-9-6-7-10-15(14)19-12-8-11-17(19,4)5/h6-7,9-10,18H,8,11-13H2,1-5H3. The molecule has 0 unspecified atom stereocenters. The second kappa shape index (κ2) is 5.16. The van der Waals surface area contributed by atoms with E-state index in [9.17, 15) is 0 Å². The summed E-state index contributed by atoms with van der Waals surface area (Å²) in [5.74, 6) is 0. The Hall–Kier alpha value is -1.02. The second-order valence-electron chi connectivity index (χ2n) is 7.30. The molecule has 2 rings (SSSR count). The molecule has 1 aliphatic heterocycles. The maximum absolute atomic E-state index is 3.60. The van der Waals surface area contributed by atoms with E-state index in [1.807, 2.05) is 0 Å². The zero-order valence-corrected chi connectivity index (χ0v) is 13.1. The van der Waals surface area contributed by atoms with Crippen molar-refractivity contribution in [2.24, 2.45) is 0 Å². The number of nitrogens with one attached hydrogen (secondary N) is 1. The van der Waals surface area contributed by atoms with Gasteiger partial charge in [0.1, 0.15) is 0 Å². The molecule has 0 aromatic heterocycles. The molecule has 1 fully saturated rings. The van der Waals surface area contributed by atoms with E-state index in [0.717, 1.165) is 6.54 Å². The highest BCUT2D eigenvalue weighted by Gasteiger charge is 2.32. The van der Waals surface area contributed by atoms with Crippen LogP contribution in [0.5, 0.6) is 0 Å². The van der Waals surface area contributed by atoms with Crippen molar-refractivity contribution in [2.75, 3.05) is 11.4 Å². The SMILES string of the molecule is CC(C)(C)NCc1ccccc1N1CCCC1(C)C. The Balaban J connectivity index is 2.21. The number of hydrogen-bond donors (Lipinski definition) is 1. The van der Waals surface area contributed by atoms with Gasteiger partial charge in [-0.25, -0.2) is 0 Å². The lowest BCUT2D eigenvalue weighted by Crippen LogP contribution is -2.40. The fourth-order valence-electron chi connectivity index (χ4n) is 2.84. The van der Waals surface area contributed by atoms with Crippen LogP contribution >= 0.6 is 0 Å². The molecule has 0 spiro atoms. The van der Waals surface area contributed by atoms with Crippen LogP contribution in [0.1, 0.15) is 53.0 Å². The van der Waals surface area contributed by atoms with Crippen LogP contribution in [0.4, 0.5) is 5.69 Å². The molecule has 0 radical (unpaired) electrons. The average Bonchev–Trinajstić information content (AvgIpc) is 2.66. The Morgan fingerprint density at radius 3 is 2.47 bits per heavy atom. The number of rotatable bonds is 3. The van der Waals surface area contributed by atoms with Gasteiger partial charge in [0.2, 0.25) is 0 Å². The summed E-state index contributed by atoms with van der Waals surface area (Å²) in [6.07, 6.45) is 2.59. The molecule has 106 valence electrons. The summed E-state index contributed by atoms with van der Waals surface area (Å²) in [4.78, 5) is 2.58. The molecule has 2 nitrogen and oxygen atoms in total. The minimum Gasteiger partial charge on any atom is -0.366 e. The molecule has 1 saturated heterocycles. The smallest absolute Gasteiger partial charge is 0.0416 e. The van der Waals surface area contributed by atoms with Gasteiger partial charge in [-0.3, -0.25) is 0 Å². The van der Waals surface area contributed by atoms with Crippen molar-refractivity contribution >= 4 is 5.69 Å². The fraction of sp³-hybridized carbons (Fsp3) is 0.647. The van der Waals surface area contributed by atoms with Gasteiger partial charge in [-0.2, -0.15) is 0 Å². The van der Waals surface area contributed by atoms with Crippen LogP contribution < -0.4 is 10.2 Å². The highest BCUT2D eigenvalue weighted by atomic mass is 15.2. The Morgan fingerprint density at radius 1 is 1.21 bits per heavy atom. The van der Waals surface area contributed by atoms with Gasteiger partial charge in [0.05, 0.1) is 0 Å². The topological polar surface area (TPSA) is 15.3 Å². The predicted octanol–water partition coefficient (Wildman–Crippen LogP) is 3.95. The normalized spacial score (nSPS) is 18.9. The third-order valence-corrected chi connectivity index (χ3v) is 3.99. The fourth-order valence-corrected chi connectivity index (χ4v) is 2.84. The molecule has 0 amide bonds. The molecule has 0 aliphatic carbocycles. The zero-order chi connectivity index (χ0) is 14.1. The number of benzene rings is 1. The van der Waals surface area contributed by atoms with Gasteiger partial charge in [0.25, 0.3) is 0 Å². The Morgan fingerprint density at radius 2 is 1.89 bits per heavy atom. The quantitative estimate of drug-likeness (QED) is 0.885. The van der Waals surface area contributed by atoms with Crippen LogP contribution in [0.15, 0.2) is 24.3 Å². The Bertz CT molecular complexity index is 429. The number of nitrogens with zero attached hydrogens (tertiary/aromatic N) is 1. The predicted molar refractivity (Wildman–Crippen MR) is 83.7 cm³/mol. The minimum atomic E-state index is 0.160. The van der Waals surface area contributed by atoms with Gasteiger partial charge in [-0.15, -0.1) is 0 Å². The van der Waals surface area contributed by atoms with Gasteiger partial charge < -0.3 is 10.2 Å². The molecule has 0 bridgehead atoms. The Labute approximate surface area is 118 Å². The van der Waals surface area contributed by atoms with Gasteiger partial charge in [0.15, 0.2) is 0 Å². The van der Waals surface area contributed by atoms with Crippen LogP contribution in [-0.2, 0) is 6.54 Å². The third kappa shape index (κ3) is 3.50. The molecule has 1 N–H and O–H groups in total. The summed E-state index contributed by atoms with van der Waals surface area (Å²) in [6, 6.07) is 8.83. The first-order chi connectivity index (χ1) is 8.80. The molecule has 0 saturated carbocycles. The van der Waals surface area contributed by atoms with Crippen LogP contribution in [0.3, 0.4) is 0 Å². The molecular formula is C17H28N2. The minimum absolute atomic E-state index is 0.160. The van der Waals surface area contributed by atoms with E-state index in [1.165, 1.54) is 30.6 Å². The molecule has 1 heterocycles. The summed E-state index contributed by atoms with van der Waals surface area (Å²) >= 11 is 0. The van der Waals surface area contributed by atoms with E-state index in [1.54, 1.807) is 0 Å². The van der Waals surface area contributed by atoms with Gasteiger partial charge >= 0.3 is 0 Å². The van der Waals surface area contributed by atoms with E-state index in [4.69, 9.17) is 0 Å². The maximum atomic E-state index is 3.60. The molecule has 2 heteroatoms. The van der Waals surface area contributed by atoms with Crippen LogP contribution in [0, 0.1) is 0 Å². The van der Waals surface area contributed by atoms with E-state index in [2.05, 4.69) is 69.1 Å². The molecule has 1 aromatic carbocycles. The van der Waals surface area contributed by atoms with Crippen molar-refractivity contribution in [1.82, 2.24) is 5.32 Å². The van der Waals surface area contributed by atoms with Crippen LogP contribution in [0.25, 0.3) is 0 Å².